The predicted octanol–water partition coefficient (Wildman–Crippen LogP) is 2.25. The molecule has 0 N–H and O–H groups in total. The number of hydrogen-bond donors (Lipinski definition) is 0. The molecule has 4 nitrogen and oxygen atoms in total. The molecule has 0 aromatic carbocycles. The van der Waals surface area contributed by atoms with Gasteiger partial charge in [0.1, 0.15) is 6.10 Å². The summed E-state index contributed by atoms with van der Waals surface area (Å²) >= 11 is 0. The second-order valence-electron chi connectivity index (χ2n) is 4.12. The van der Waals surface area contributed by atoms with Crippen LogP contribution in [0, 0.1) is 0 Å². The summed E-state index contributed by atoms with van der Waals surface area (Å²) in [4.78, 5) is 22.6. The second-order valence-corrected chi connectivity index (χ2v) is 4.12. The van der Waals surface area contributed by atoms with Crippen LogP contribution in [0.15, 0.2) is 23.9 Å². The maximum absolute atomic E-state index is 11.7. The van der Waals surface area contributed by atoms with E-state index in [1.807, 2.05) is 10.8 Å². The molecule has 0 spiro atoms. The number of aromatic nitrogens is 1. The Balaban J connectivity index is 2.19. The molecule has 1 aliphatic rings. The Morgan fingerprint density at radius 1 is 1.59 bits per heavy atom. The molecule has 0 saturated carbocycles. The Bertz CT molecular complexity index is 485. The van der Waals surface area contributed by atoms with Crippen LogP contribution in [0.2, 0.25) is 0 Å². The van der Waals surface area contributed by atoms with Crippen LogP contribution in [0.5, 0.6) is 0 Å². The van der Waals surface area contributed by atoms with E-state index in [0.29, 0.717) is 11.1 Å². The highest BCUT2D eigenvalue weighted by Crippen LogP contribution is 2.32. The van der Waals surface area contributed by atoms with Gasteiger partial charge in [-0.15, -0.1) is 0 Å². The van der Waals surface area contributed by atoms with E-state index in [4.69, 9.17) is 4.74 Å². The van der Waals surface area contributed by atoms with Crippen LogP contribution in [0.4, 0.5) is 0 Å². The zero-order valence-corrected chi connectivity index (χ0v) is 9.97. The highest BCUT2D eigenvalue weighted by Gasteiger charge is 2.28. The smallest absolute Gasteiger partial charge is 0.334 e. The fourth-order valence-electron chi connectivity index (χ4n) is 2.02. The molecule has 0 fully saturated rings. The number of aryl methyl sites for hydroxylation is 1. The first-order valence-corrected chi connectivity index (χ1v) is 5.65. The number of rotatable bonds is 3. The summed E-state index contributed by atoms with van der Waals surface area (Å²) in [6, 6.07) is 1.75. The summed E-state index contributed by atoms with van der Waals surface area (Å²) in [7, 11) is 0. The molecule has 1 aliphatic heterocycles. The van der Waals surface area contributed by atoms with Crippen molar-refractivity contribution < 1.29 is 14.3 Å². The molecule has 2 rings (SSSR count). The van der Waals surface area contributed by atoms with Crippen molar-refractivity contribution in [2.24, 2.45) is 0 Å². The number of esters is 1. The molecule has 0 amide bonds. The summed E-state index contributed by atoms with van der Waals surface area (Å²) in [5.74, 6) is -0.316. The van der Waals surface area contributed by atoms with Crippen molar-refractivity contribution in [2.75, 3.05) is 0 Å². The lowest BCUT2D eigenvalue weighted by Crippen LogP contribution is -2.11. The van der Waals surface area contributed by atoms with Crippen LogP contribution in [0.1, 0.15) is 42.4 Å². The number of carbonyl (C=O) groups excluding carboxylic acids is 2. The summed E-state index contributed by atoms with van der Waals surface area (Å²) in [5, 5.41) is 0. The monoisotopic (exact) mass is 233 g/mol. The summed E-state index contributed by atoms with van der Waals surface area (Å²) in [6.07, 6.45) is 4.82. The molecule has 1 aromatic heterocycles. The van der Waals surface area contributed by atoms with E-state index in [2.05, 4.69) is 0 Å². The number of carbonyl (C=O) groups is 2. The molecule has 0 radical (unpaired) electrons. The van der Waals surface area contributed by atoms with Gasteiger partial charge in [-0.2, -0.15) is 0 Å². The lowest BCUT2D eigenvalue weighted by atomic mass is 10.1. The Labute approximate surface area is 99.9 Å². The Kier molecular flexibility index (Phi) is 3.13. The van der Waals surface area contributed by atoms with Gasteiger partial charge in [-0.25, -0.2) is 4.79 Å². The van der Waals surface area contributed by atoms with Crippen LogP contribution in [0.3, 0.4) is 0 Å². The van der Waals surface area contributed by atoms with Gasteiger partial charge in [0.15, 0.2) is 6.29 Å². The third kappa shape index (κ3) is 2.02. The van der Waals surface area contributed by atoms with E-state index >= 15 is 0 Å². The number of nitrogens with zero attached hydrogens (tertiary/aromatic N) is 1. The van der Waals surface area contributed by atoms with E-state index < -0.39 is 0 Å². The van der Waals surface area contributed by atoms with Crippen molar-refractivity contribution in [1.82, 2.24) is 4.57 Å². The molecule has 0 aliphatic carbocycles. The first kappa shape index (κ1) is 11.6. The van der Waals surface area contributed by atoms with Gasteiger partial charge in [0.25, 0.3) is 0 Å². The van der Waals surface area contributed by atoms with Gasteiger partial charge < -0.3 is 9.30 Å². The SMILES string of the molecule is C/C=C(/C)C(=O)OC1CCn2ccc(C=O)c21. The van der Waals surface area contributed by atoms with E-state index in [0.717, 1.165) is 24.9 Å². The standard InChI is InChI=1S/C13H15NO3/c1-3-9(2)13(16)17-11-5-7-14-6-4-10(8-15)12(11)14/h3-4,6,8,11H,5,7H2,1-2H3/b9-3-. The number of allylic oxidation sites excluding steroid dienone is 1. The number of aldehydes is 1. The summed E-state index contributed by atoms with van der Waals surface area (Å²) < 4.78 is 7.37. The van der Waals surface area contributed by atoms with Crippen molar-refractivity contribution in [3.63, 3.8) is 0 Å². The minimum Gasteiger partial charge on any atom is -0.452 e. The third-order valence-electron chi connectivity index (χ3n) is 3.11. The molecule has 2 heterocycles. The maximum atomic E-state index is 11.7. The molecule has 17 heavy (non-hydrogen) atoms. The zero-order valence-electron chi connectivity index (χ0n) is 9.97. The van der Waals surface area contributed by atoms with Crippen LogP contribution in [-0.2, 0) is 16.1 Å². The van der Waals surface area contributed by atoms with Crippen molar-refractivity contribution in [1.29, 1.82) is 0 Å². The first-order valence-electron chi connectivity index (χ1n) is 5.65. The maximum Gasteiger partial charge on any atom is 0.334 e. The van der Waals surface area contributed by atoms with E-state index in [1.54, 1.807) is 26.0 Å². The van der Waals surface area contributed by atoms with Gasteiger partial charge in [0.2, 0.25) is 0 Å². The Morgan fingerprint density at radius 2 is 2.35 bits per heavy atom. The highest BCUT2D eigenvalue weighted by molar-refractivity contribution is 5.88. The van der Waals surface area contributed by atoms with Gasteiger partial charge >= 0.3 is 5.97 Å². The quantitative estimate of drug-likeness (QED) is 0.457. The predicted molar refractivity (Wildman–Crippen MR) is 62.7 cm³/mol. The van der Waals surface area contributed by atoms with Gasteiger partial charge in [-0.3, -0.25) is 4.79 Å². The number of hydrogen-bond acceptors (Lipinski definition) is 3. The van der Waals surface area contributed by atoms with Crippen molar-refractivity contribution in [3.8, 4) is 0 Å². The number of ether oxygens (including phenoxy) is 1. The Hall–Kier alpha value is -1.84. The molecule has 1 atom stereocenters. The first-order chi connectivity index (χ1) is 8.17. The fourth-order valence-corrected chi connectivity index (χ4v) is 2.02. The fraction of sp³-hybridized carbons (Fsp3) is 0.385. The highest BCUT2D eigenvalue weighted by atomic mass is 16.5. The number of fused-ring (bicyclic) bond motifs is 1. The van der Waals surface area contributed by atoms with Crippen LogP contribution >= 0.6 is 0 Å². The largest absolute Gasteiger partial charge is 0.452 e. The van der Waals surface area contributed by atoms with Crippen molar-refractivity contribution in [3.05, 3.63) is 35.2 Å². The average Bonchev–Trinajstić information content (AvgIpc) is 2.90. The lowest BCUT2D eigenvalue weighted by molar-refractivity contribution is -0.144. The van der Waals surface area contributed by atoms with Gasteiger partial charge in [-0.05, 0) is 19.9 Å². The molecule has 1 aromatic rings. The molecule has 0 saturated heterocycles. The van der Waals surface area contributed by atoms with Crippen LogP contribution in [0.25, 0.3) is 0 Å². The summed E-state index contributed by atoms with van der Waals surface area (Å²) in [5.41, 5.74) is 2.01. The van der Waals surface area contributed by atoms with Gasteiger partial charge in [0.05, 0.1) is 5.69 Å². The van der Waals surface area contributed by atoms with E-state index in [1.165, 1.54) is 0 Å². The van der Waals surface area contributed by atoms with E-state index in [9.17, 15) is 9.59 Å². The van der Waals surface area contributed by atoms with Crippen LogP contribution in [-0.4, -0.2) is 16.8 Å². The van der Waals surface area contributed by atoms with Crippen molar-refractivity contribution in [2.45, 2.75) is 32.9 Å². The van der Waals surface area contributed by atoms with Crippen LogP contribution < -0.4 is 0 Å². The Morgan fingerprint density at radius 3 is 3.00 bits per heavy atom. The van der Waals surface area contributed by atoms with E-state index in [-0.39, 0.29) is 12.1 Å². The van der Waals surface area contributed by atoms with Crippen molar-refractivity contribution >= 4 is 12.3 Å². The normalized spacial score (nSPS) is 18.9. The van der Waals surface area contributed by atoms with Gasteiger partial charge in [-0.1, -0.05) is 6.08 Å². The second kappa shape index (κ2) is 4.57. The topological polar surface area (TPSA) is 48.3 Å². The molecular formula is C13H15NO3. The molecular weight excluding hydrogens is 218 g/mol. The lowest BCUT2D eigenvalue weighted by Gasteiger charge is -2.12. The minimum absolute atomic E-state index is 0.299. The van der Waals surface area contributed by atoms with Gasteiger partial charge in [0, 0.05) is 30.3 Å². The average molecular weight is 233 g/mol. The third-order valence-corrected chi connectivity index (χ3v) is 3.11. The zero-order chi connectivity index (χ0) is 12.4. The molecule has 0 bridgehead atoms. The molecule has 4 heteroatoms. The molecule has 1 unspecified atom stereocenters. The summed E-state index contributed by atoms with van der Waals surface area (Å²) in [6.45, 7) is 4.30. The minimum atomic E-state index is -0.316. The molecule has 90 valence electrons.